The lowest BCUT2D eigenvalue weighted by atomic mass is 9.32. The molecule has 1 heterocycles. The van der Waals surface area contributed by atoms with E-state index in [-0.39, 0.29) is 40.3 Å². The molecule has 8 atom stereocenters. The normalized spacial score (nSPS) is 33.7. The smallest absolute Gasteiger partial charge is 0.252 e. The number of benzene rings is 4. The van der Waals surface area contributed by atoms with E-state index < -0.39 is 38.0 Å². The monoisotopic (exact) mass is 809 g/mol. The molecule has 6 aliphatic carbocycles. The number of carbonyl (C=O) groups is 1. The van der Waals surface area contributed by atoms with Crippen LogP contribution in [-0.2, 0) is 16.6 Å². The first kappa shape index (κ1) is 38.0. The molecule has 0 radical (unpaired) electrons. The zero-order valence-electron chi connectivity index (χ0n) is 33.2. The number of allylic oxidation sites excluding steroid dienone is 4. The van der Waals surface area contributed by atoms with Crippen molar-refractivity contribution in [1.82, 2.24) is 4.31 Å². The fourth-order valence-electron chi connectivity index (χ4n) is 13.0. The Balaban J connectivity index is 1.09. The third kappa shape index (κ3) is 5.31. The third-order valence-electron chi connectivity index (χ3n) is 16.0. The van der Waals surface area contributed by atoms with E-state index in [1.807, 2.05) is 97.1 Å². The van der Waals surface area contributed by atoms with Gasteiger partial charge in [0.2, 0.25) is 0 Å². The van der Waals surface area contributed by atoms with E-state index >= 15 is 4.79 Å². The first-order chi connectivity index (χ1) is 27.9. The molecule has 3 fully saturated rings. The molecule has 298 valence electrons. The van der Waals surface area contributed by atoms with Gasteiger partial charge in [-0.05, 0) is 101 Å². The van der Waals surface area contributed by atoms with Crippen LogP contribution in [0, 0.1) is 33.5 Å². The Hall–Kier alpha value is -4.18. The molecule has 11 rings (SSSR count). The van der Waals surface area contributed by atoms with Crippen LogP contribution in [0.2, 0.25) is 0 Å². The first-order valence-electron chi connectivity index (χ1n) is 20.9. The number of rotatable bonds is 9. The molecule has 0 saturated heterocycles. The van der Waals surface area contributed by atoms with Gasteiger partial charge < -0.3 is 10.2 Å². The Kier molecular flexibility index (Phi) is 8.80. The van der Waals surface area contributed by atoms with E-state index in [4.69, 9.17) is 0 Å². The van der Waals surface area contributed by atoms with E-state index in [0.29, 0.717) is 31.2 Å². The van der Waals surface area contributed by atoms with Gasteiger partial charge in [0.05, 0.1) is 11.7 Å². The number of ketones is 1. The fourth-order valence-corrected chi connectivity index (χ4v) is 15.6. The van der Waals surface area contributed by atoms with Crippen molar-refractivity contribution in [3.8, 4) is 11.1 Å². The molecule has 4 aromatic carbocycles. The van der Waals surface area contributed by atoms with Crippen molar-refractivity contribution in [1.29, 1.82) is 0 Å². The zero-order chi connectivity index (χ0) is 40.1. The summed E-state index contributed by atoms with van der Waals surface area (Å²) < 4.78 is 31.2. The van der Waals surface area contributed by atoms with E-state index in [1.54, 1.807) is 17.5 Å². The molecule has 1 aromatic heterocycles. The topological polar surface area (TPSA) is 94.9 Å². The average molecular weight is 810 g/mol. The first-order valence-corrected chi connectivity index (χ1v) is 23.2. The van der Waals surface area contributed by atoms with Gasteiger partial charge in [-0.1, -0.05) is 135 Å². The van der Waals surface area contributed by atoms with E-state index in [0.717, 1.165) is 52.3 Å². The second-order valence-electron chi connectivity index (χ2n) is 18.4. The molecule has 6 aliphatic rings. The third-order valence-corrected chi connectivity index (χ3v) is 19.1. The molecule has 3 saturated carbocycles. The molecule has 2 spiro atoms. The zero-order valence-corrected chi connectivity index (χ0v) is 34.8. The van der Waals surface area contributed by atoms with Crippen LogP contribution in [0.4, 0.5) is 0 Å². The molecule has 8 heteroatoms. The minimum atomic E-state index is -3.99. The van der Waals surface area contributed by atoms with Gasteiger partial charge in [-0.15, -0.1) is 11.3 Å². The second-order valence-corrected chi connectivity index (χ2v) is 21.5. The van der Waals surface area contributed by atoms with E-state index in [9.17, 15) is 18.6 Å². The summed E-state index contributed by atoms with van der Waals surface area (Å²) in [5.74, 6) is 0.00477. The SMILES string of the molecule is C[C@]12CC[C@H]3[C@]4(C=C[C@@]5(C=C4C(=O)c4ccccc4-c4ccccc4)CC(O)CC[C@]35C)[C@@H]1CC[C@@]2(O)CN(Cc1cccc2ccccc12)S(=O)(=O)c1cccs1. The lowest BCUT2D eigenvalue weighted by molar-refractivity contribution is -0.173. The van der Waals surface area contributed by atoms with Gasteiger partial charge in [-0.25, -0.2) is 8.42 Å². The van der Waals surface area contributed by atoms with Crippen molar-refractivity contribution in [3.63, 3.8) is 0 Å². The van der Waals surface area contributed by atoms with Gasteiger partial charge in [0, 0.05) is 40.5 Å². The van der Waals surface area contributed by atoms with Gasteiger partial charge in [-0.3, -0.25) is 4.79 Å². The van der Waals surface area contributed by atoms with Crippen LogP contribution < -0.4 is 0 Å². The molecule has 0 amide bonds. The molecular weight excluding hydrogens is 759 g/mol. The second kappa shape index (κ2) is 13.4. The Morgan fingerprint density at radius 1 is 0.793 bits per heavy atom. The van der Waals surface area contributed by atoms with Crippen LogP contribution in [0.1, 0.15) is 74.7 Å². The summed E-state index contributed by atoms with van der Waals surface area (Å²) in [6, 6.07) is 35.4. The van der Waals surface area contributed by atoms with Crippen molar-refractivity contribution >= 4 is 37.9 Å². The van der Waals surface area contributed by atoms with Crippen molar-refractivity contribution in [3.05, 3.63) is 150 Å². The van der Waals surface area contributed by atoms with Crippen molar-refractivity contribution in [2.24, 2.45) is 33.5 Å². The molecule has 0 aliphatic heterocycles. The predicted octanol–water partition coefficient (Wildman–Crippen LogP) is 10.2. The molecule has 1 unspecified atom stereocenters. The van der Waals surface area contributed by atoms with E-state index in [2.05, 4.69) is 32.1 Å². The summed E-state index contributed by atoms with van der Waals surface area (Å²) in [7, 11) is -3.99. The van der Waals surface area contributed by atoms with Gasteiger partial charge >= 0.3 is 0 Å². The number of nitrogens with zero attached hydrogens (tertiary/aromatic N) is 1. The number of Topliss-reactive ketones (excluding diaryl/α,β-unsaturated/α-hetero) is 1. The number of sulfonamides is 1. The predicted molar refractivity (Wildman–Crippen MR) is 231 cm³/mol. The maximum atomic E-state index is 15.6. The average Bonchev–Trinajstić information content (AvgIpc) is 3.88. The Morgan fingerprint density at radius 2 is 1.50 bits per heavy atom. The van der Waals surface area contributed by atoms with Crippen LogP contribution in [-0.4, -0.2) is 47.0 Å². The number of aliphatic hydroxyl groups is 2. The number of fused-ring (bicyclic) bond motifs is 2. The van der Waals surface area contributed by atoms with Crippen LogP contribution in [0.3, 0.4) is 0 Å². The molecule has 58 heavy (non-hydrogen) atoms. The lowest BCUT2D eigenvalue weighted by Crippen LogP contribution is -2.67. The number of thiophene rings is 1. The number of hydrogen-bond donors (Lipinski definition) is 2. The van der Waals surface area contributed by atoms with Crippen LogP contribution >= 0.6 is 11.3 Å². The van der Waals surface area contributed by atoms with Crippen LogP contribution in [0.25, 0.3) is 21.9 Å². The van der Waals surface area contributed by atoms with Crippen LogP contribution in [0.15, 0.2) is 143 Å². The van der Waals surface area contributed by atoms with Crippen molar-refractivity contribution in [2.75, 3.05) is 6.54 Å². The van der Waals surface area contributed by atoms with Crippen molar-refractivity contribution < 1.29 is 23.4 Å². The highest BCUT2D eigenvalue weighted by atomic mass is 32.2. The Labute approximate surface area is 346 Å². The summed E-state index contributed by atoms with van der Waals surface area (Å²) in [5, 5.41) is 28.4. The highest BCUT2D eigenvalue weighted by molar-refractivity contribution is 7.91. The van der Waals surface area contributed by atoms with Gasteiger partial charge in [0.1, 0.15) is 4.21 Å². The summed E-state index contributed by atoms with van der Waals surface area (Å²) in [5.41, 5.74) is 0.803. The number of carbonyl (C=O) groups excluding carboxylic acids is 1. The minimum absolute atomic E-state index is 0.00726. The number of aliphatic hydroxyl groups excluding tert-OH is 1. The fraction of sp³-hybridized carbons (Fsp3) is 0.380. The number of hydrogen-bond acceptors (Lipinski definition) is 6. The quantitative estimate of drug-likeness (QED) is 0.114. The summed E-state index contributed by atoms with van der Waals surface area (Å²) in [6.45, 7) is 4.65. The summed E-state index contributed by atoms with van der Waals surface area (Å²) in [6.07, 6.45) is 11.2. The molecular formula is C50H51NO5S2. The van der Waals surface area contributed by atoms with Gasteiger partial charge in [0.15, 0.2) is 5.78 Å². The molecule has 6 nitrogen and oxygen atoms in total. The maximum absolute atomic E-state index is 15.6. The van der Waals surface area contributed by atoms with Crippen molar-refractivity contribution in [2.45, 2.75) is 81.3 Å². The lowest BCUT2D eigenvalue weighted by Gasteiger charge is -2.71. The molecule has 2 bridgehead atoms. The van der Waals surface area contributed by atoms with Gasteiger partial charge in [0.25, 0.3) is 10.0 Å². The van der Waals surface area contributed by atoms with Crippen LogP contribution in [0.5, 0.6) is 0 Å². The van der Waals surface area contributed by atoms with Gasteiger partial charge in [-0.2, -0.15) is 4.31 Å². The largest absolute Gasteiger partial charge is 0.393 e. The molecule has 2 N–H and O–H groups in total. The molecule has 5 aromatic rings. The standard InChI is InChI=1S/C50H51NO5S2/c1-46-24-21-37(52)30-48(46)27-28-50(41(31-48)45(53)40-19-9-8-18-39(40)35-12-4-3-5-13-35)42(46)22-25-47(2)43(50)23-26-49(47,54)33-51(58(55,56)44-20-11-29-57-44)32-36-16-10-15-34-14-6-7-17-38(34)36/h3-20,27-29,31,37,42-43,52,54H,21-26,30,32-33H2,1-2H3/t37?,42-,43-,46-,47+,48+,49-,50-/m1/s1. The highest BCUT2D eigenvalue weighted by Gasteiger charge is 2.74. The van der Waals surface area contributed by atoms with E-state index in [1.165, 1.54) is 15.6 Å². The summed E-state index contributed by atoms with van der Waals surface area (Å²) in [4.78, 5) is 15.6. The summed E-state index contributed by atoms with van der Waals surface area (Å²) >= 11 is 1.20. The Bertz CT molecular complexity index is 2600. The highest BCUT2D eigenvalue weighted by Crippen LogP contribution is 2.78. The Morgan fingerprint density at radius 3 is 2.31 bits per heavy atom. The maximum Gasteiger partial charge on any atom is 0.252 e. The minimum Gasteiger partial charge on any atom is -0.393 e.